The van der Waals surface area contributed by atoms with Gasteiger partial charge < -0.3 is 27.4 Å². The number of rotatable bonds is 11. The maximum Gasteiger partial charge on any atom is 1.00 e. The van der Waals surface area contributed by atoms with E-state index in [9.17, 15) is 10.2 Å². The van der Waals surface area contributed by atoms with Crippen LogP contribution in [-0.4, -0.2) is 29.0 Å². The van der Waals surface area contributed by atoms with Crippen LogP contribution in [0.4, 0.5) is 0 Å². The van der Waals surface area contributed by atoms with Gasteiger partial charge in [0, 0.05) is 0 Å². The zero-order valence-electron chi connectivity index (χ0n) is 14.7. The predicted molar refractivity (Wildman–Crippen MR) is 86.5 cm³/mol. The van der Waals surface area contributed by atoms with Gasteiger partial charge in [0.1, 0.15) is 11.9 Å². The molecule has 1 aromatic carbocycles. The number of para-hydroxylation sites is 1. The van der Waals surface area contributed by atoms with Gasteiger partial charge in [0.2, 0.25) is 0 Å². The first-order chi connectivity index (χ1) is 10.2. The van der Waals surface area contributed by atoms with Crippen LogP contribution in [0, 0.1) is 5.92 Å². The Balaban J connectivity index is 0. The Hall–Kier alpha value is 0.230. The van der Waals surface area contributed by atoms with Gasteiger partial charge in [-0.1, -0.05) is 57.7 Å². The van der Waals surface area contributed by atoms with Crippen LogP contribution in [0.25, 0.3) is 0 Å². The van der Waals surface area contributed by atoms with Gasteiger partial charge in [-0.15, -0.1) is 0 Å². The summed E-state index contributed by atoms with van der Waals surface area (Å²) >= 11 is 0. The summed E-state index contributed by atoms with van der Waals surface area (Å²) in [5.74, 6) is 0.891. The number of ether oxygens (including phenoxy) is 1. The smallest absolute Gasteiger partial charge is 1.00 e. The van der Waals surface area contributed by atoms with Crippen molar-refractivity contribution in [1.82, 2.24) is 0 Å². The van der Waals surface area contributed by atoms with Gasteiger partial charge in [-0.2, -0.15) is 0 Å². The molecule has 0 saturated carbocycles. The standard InChI is InChI=1S/C18H30O3.ClH.Na/c1-3-5-7-11-15(10-4-2)18(20)17(14-19)21-16-12-8-6-9-13-16;;/h6,8-9,12-13,15,17-20H,3-5,7,10-11,14H2,1-2H3;1H;/q;;+1/p-1. The number of halogens is 1. The Labute approximate surface area is 169 Å². The molecule has 1 aromatic rings. The van der Waals surface area contributed by atoms with Crippen molar-refractivity contribution in [1.29, 1.82) is 0 Å². The Kier molecular flexibility index (Phi) is 17.4. The first-order valence-electron chi connectivity index (χ1n) is 8.23. The number of unbranched alkanes of at least 4 members (excludes halogenated alkanes) is 2. The minimum Gasteiger partial charge on any atom is -1.00 e. The minimum absolute atomic E-state index is 0. The molecule has 3 nitrogen and oxygen atoms in total. The molecule has 128 valence electrons. The van der Waals surface area contributed by atoms with Gasteiger partial charge in [-0.3, -0.25) is 0 Å². The van der Waals surface area contributed by atoms with E-state index in [0.29, 0.717) is 5.75 Å². The van der Waals surface area contributed by atoms with Crippen LogP contribution in [-0.2, 0) is 0 Å². The zero-order valence-corrected chi connectivity index (χ0v) is 17.5. The minimum atomic E-state index is -0.619. The molecule has 0 radical (unpaired) electrons. The quantitative estimate of drug-likeness (QED) is 0.351. The van der Waals surface area contributed by atoms with E-state index in [2.05, 4.69) is 13.8 Å². The van der Waals surface area contributed by atoms with Crippen LogP contribution in [0.3, 0.4) is 0 Å². The van der Waals surface area contributed by atoms with Gasteiger partial charge >= 0.3 is 29.6 Å². The second-order valence-electron chi connectivity index (χ2n) is 5.69. The summed E-state index contributed by atoms with van der Waals surface area (Å²) in [7, 11) is 0. The van der Waals surface area contributed by atoms with Crippen LogP contribution in [0.5, 0.6) is 5.75 Å². The van der Waals surface area contributed by atoms with Crippen molar-refractivity contribution in [3.05, 3.63) is 30.3 Å². The molecule has 1 rings (SSSR count). The van der Waals surface area contributed by atoms with Crippen LogP contribution < -0.4 is 46.7 Å². The average molecular weight is 353 g/mol. The Morgan fingerprint density at radius 2 is 1.65 bits per heavy atom. The van der Waals surface area contributed by atoms with Gasteiger partial charge in [-0.25, -0.2) is 0 Å². The number of aliphatic hydroxyl groups is 2. The van der Waals surface area contributed by atoms with Crippen molar-refractivity contribution in [2.45, 2.75) is 64.6 Å². The Morgan fingerprint density at radius 1 is 1.00 bits per heavy atom. The molecule has 0 aliphatic carbocycles. The number of hydrogen-bond acceptors (Lipinski definition) is 3. The Morgan fingerprint density at radius 3 is 2.17 bits per heavy atom. The van der Waals surface area contributed by atoms with Crippen molar-refractivity contribution < 1.29 is 56.9 Å². The maximum atomic E-state index is 10.6. The number of aliphatic hydroxyl groups excluding tert-OH is 2. The third-order valence-corrected chi connectivity index (χ3v) is 3.91. The second kappa shape index (κ2) is 15.7. The zero-order chi connectivity index (χ0) is 15.5. The molecule has 5 heteroatoms. The van der Waals surface area contributed by atoms with Crippen molar-refractivity contribution in [3.63, 3.8) is 0 Å². The van der Waals surface area contributed by atoms with Crippen molar-refractivity contribution in [2.75, 3.05) is 6.61 Å². The van der Waals surface area contributed by atoms with Crippen LogP contribution in [0.15, 0.2) is 30.3 Å². The van der Waals surface area contributed by atoms with Gasteiger partial charge in [0.15, 0.2) is 0 Å². The van der Waals surface area contributed by atoms with Gasteiger partial charge in [-0.05, 0) is 30.9 Å². The molecular formula is C18H30ClNaO3. The number of hydrogen-bond donors (Lipinski definition) is 2. The molecule has 3 atom stereocenters. The molecule has 0 spiro atoms. The van der Waals surface area contributed by atoms with Crippen LogP contribution in [0.1, 0.15) is 52.4 Å². The summed E-state index contributed by atoms with van der Waals surface area (Å²) < 4.78 is 5.76. The average Bonchev–Trinajstić information content (AvgIpc) is 2.52. The van der Waals surface area contributed by atoms with Crippen molar-refractivity contribution in [3.8, 4) is 5.75 Å². The van der Waals surface area contributed by atoms with E-state index in [4.69, 9.17) is 4.74 Å². The predicted octanol–water partition coefficient (Wildman–Crippen LogP) is -2.21. The topological polar surface area (TPSA) is 49.7 Å². The molecule has 23 heavy (non-hydrogen) atoms. The summed E-state index contributed by atoms with van der Waals surface area (Å²) in [6.07, 6.45) is 5.34. The fourth-order valence-corrected chi connectivity index (χ4v) is 2.71. The van der Waals surface area contributed by atoms with E-state index in [-0.39, 0.29) is 54.5 Å². The summed E-state index contributed by atoms with van der Waals surface area (Å²) in [6, 6.07) is 9.40. The van der Waals surface area contributed by atoms with Crippen molar-refractivity contribution in [2.24, 2.45) is 5.92 Å². The maximum absolute atomic E-state index is 10.6. The molecule has 0 fully saturated rings. The van der Waals surface area contributed by atoms with Crippen LogP contribution in [0.2, 0.25) is 0 Å². The monoisotopic (exact) mass is 352 g/mol. The van der Waals surface area contributed by atoms with E-state index in [1.165, 1.54) is 12.8 Å². The van der Waals surface area contributed by atoms with E-state index >= 15 is 0 Å². The third-order valence-electron chi connectivity index (χ3n) is 3.91. The summed E-state index contributed by atoms with van der Waals surface area (Å²) in [6.45, 7) is 4.15. The molecule has 3 unspecified atom stereocenters. The molecule has 0 amide bonds. The molecule has 0 saturated heterocycles. The van der Waals surface area contributed by atoms with Crippen molar-refractivity contribution >= 4 is 0 Å². The molecule has 0 aliphatic rings. The fraction of sp³-hybridized carbons (Fsp3) is 0.667. The number of benzene rings is 1. The Bertz CT molecular complexity index is 365. The largest absolute Gasteiger partial charge is 1.00 e. The molecular weight excluding hydrogens is 323 g/mol. The van der Waals surface area contributed by atoms with Gasteiger partial charge in [0.05, 0.1) is 12.7 Å². The van der Waals surface area contributed by atoms with Crippen LogP contribution >= 0.6 is 0 Å². The SMILES string of the molecule is CCCCCC(CCC)C(O)C(CO)Oc1ccccc1.[Cl-].[Na+]. The van der Waals surface area contributed by atoms with E-state index < -0.39 is 12.2 Å². The molecule has 2 N–H and O–H groups in total. The van der Waals surface area contributed by atoms with E-state index in [1.807, 2.05) is 30.3 Å². The molecule has 0 aromatic heterocycles. The first kappa shape index (κ1) is 25.5. The van der Waals surface area contributed by atoms with Gasteiger partial charge in [0.25, 0.3) is 0 Å². The normalized spacial score (nSPS) is 14.1. The first-order valence-corrected chi connectivity index (χ1v) is 8.23. The summed E-state index contributed by atoms with van der Waals surface area (Å²) in [5, 5.41) is 20.1. The third kappa shape index (κ3) is 9.96. The molecule has 0 bridgehead atoms. The fourth-order valence-electron chi connectivity index (χ4n) is 2.71. The van der Waals surface area contributed by atoms with E-state index in [1.54, 1.807) is 0 Å². The molecule has 0 heterocycles. The van der Waals surface area contributed by atoms with E-state index in [0.717, 1.165) is 25.7 Å². The summed E-state index contributed by atoms with van der Waals surface area (Å²) in [5.41, 5.74) is 0. The molecule has 0 aliphatic heterocycles. The second-order valence-corrected chi connectivity index (χ2v) is 5.69. The summed E-state index contributed by atoms with van der Waals surface area (Å²) in [4.78, 5) is 0.